The summed E-state index contributed by atoms with van der Waals surface area (Å²) in [5.41, 5.74) is 0.445. The average Bonchev–Trinajstić information content (AvgIpc) is 2.17. The second-order valence-electron chi connectivity index (χ2n) is 3.20. The fraction of sp³-hybridized carbons (Fsp3) is 0.0833. The lowest BCUT2D eigenvalue weighted by molar-refractivity contribution is 0.101. The van der Waals surface area contributed by atoms with Gasteiger partial charge in [-0.1, -0.05) is 30.3 Å². The number of Topliss-reactive ketones (excluding diaryl/α,β-unsaturated/α-hetero) is 1. The number of ketones is 1. The quantitative estimate of drug-likeness (QED) is 0.628. The van der Waals surface area contributed by atoms with Crippen LogP contribution in [0.4, 0.5) is 4.39 Å². The fourth-order valence-electron chi connectivity index (χ4n) is 1.59. The molecule has 0 radical (unpaired) electrons. The highest BCUT2D eigenvalue weighted by atomic mass is 19.1. The molecule has 0 N–H and O–H groups in total. The minimum atomic E-state index is -0.340. The van der Waals surface area contributed by atoms with E-state index in [0.717, 1.165) is 5.39 Å². The molecule has 2 aromatic rings. The van der Waals surface area contributed by atoms with Gasteiger partial charge in [-0.25, -0.2) is 4.39 Å². The Morgan fingerprint density at radius 1 is 1.14 bits per heavy atom. The molecule has 0 aromatic heterocycles. The van der Waals surface area contributed by atoms with Crippen molar-refractivity contribution in [3.63, 3.8) is 0 Å². The van der Waals surface area contributed by atoms with E-state index in [9.17, 15) is 9.18 Å². The number of halogens is 1. The van der Waals surface area contributed by atoms with Crippen molar-refractivity contribution in [3.8, 4) is 0 Å². The van der Waals surface area contributed by atoms with E-state index in [-0.39, 0.29) is 11.6 Å². The lowest BCUT2D eigenvalue weighted by Gasteiger charge is -2.03. The fourth-order valence-corrected chi connectivity index (χ4v) is 1.59. The van der Waals surface area contributed by atoms with E-state index in [4.69, 9.17) is 0 Å². The number of carbonyl (C=O) groups excluding carboxylic acids is 1. The van der Waals surface area contributed by atoms with Gasteiger partial charge in [0.1, 0.15) is 5.82 Å². The summed E-state index contributed by atoms with van der Waals surface area (Å²) in [6, 6.07) is 10.0. The van der Waals surface area contributed by atoms with Gasteiger partial charge in [-0.3, -0.25) is 4.79 Å². The Labute approximate surface area is 81.2 Å². The summed E-state index contributed by atoms with van der Waals surface area (Å²) < 4.78 is 13.5. The smallest absolute Gasteiger partial charge is 0.160 e. The van der Waals surface area contributed by atoms with E-state index in [0.29, 0.717) is 10.9 Å². The molecule has 2 aromatic carbocycles. The first kappa shape index (κ1) is 8.88. The Morgan fingerprint density at radius 2 is 1.79 bits per heavy atom. The number of fused-ring (bicyclic) bond motifs is 1. The number of benzene rings is 2. The summed E-state index contributed by atoms with van der Waals surface area (Å²) in [5.74, 6) is -0.450. The molecule has 0 spiro atoms. The molecule has 0 bridgehead atoms. The maximum absolute atomic E-state index is 13.5. The maximum Gasteiger partial charge on any atom is 0.160 e. The van der Waals surface area contributed by atoms with Crippen molar-refractivity contribution >= 4 is 16.6 Å². The lowest BCUT2D eigenvalue weighted by atomic mass is 10.0. The molecular weight excluding hydrogens is 179 g/mol. The van der Waals surface area contributed by atoms with Gasteiger partial charge in [0.15, 0.2) is 5.78 Å². The van der Waals surface area contributed by atoms with Crippen molar-refractivity contribution in [2.24, 2.45) is 0 Å². The van der Waals surface area contributed by atoms with Crippen LogP contribution >= 0.6 is 0 Å². The van der Waals surface area contributed by atoms with Gasteiger partial charge in [0.25, 0.3) is 0 Å². The Morgan fingerprint density at radius 3 is 2.43 bits per heavy atom. The Hall–Kier alpha value is -1.70. The Balaban J connectivity index is 2.91. The summed E-state index contributed by atoms with van der Waals surface area (Å²) in [6.07, 6.45) is 0. The van der Waals surface area contributed by atoms with Gasteiger partial charge >= 0.3 is 0 Å². The van der Waals surface area contributed by atoms with Crippen LogP contribution in [0.5, 0.6) is 0 Å². The molecule has 0 atom stereocenters. The molecule has 0 aliphatic heterocycles. The van der Waals surface area contributed by atoms with Gasteiger partial charge in [0, 0.05) is 10.9 Å². The predicted molar refractivity (Wildman–Crippen MR) is 53.9 cm³/mol. The van der Waals surface area contributed by atoms with E-state index in [2.05, 4.69) is 0 Å². The van der Waals surface area contributed by atoms with E-state index in [1.807, 2.05) is 0 Å². The normalized spacial score (nSPS) is 10.4. The van der Waals surface area contributed by atoms with E-state index in [1.54, 1.807) is 30.3 Å². The monoisotopic (exact) mass is 188 g/mol. The van der Waals surface area contributed by atoms with E-state index in [1.165, 1.54) is 13.0 Å². The number of hydrogen-bond donors (Lipinski definition) is 0. The molecule has 0 aliphatic rings. The zero-order valence-electron chi connectivity index (χ0n) is 7.75. The SMILES string of the molecule is CC(=O)c1cccc2cccc(F)c12. The van der Waals surface area contributed by atoms with Gasteiger partial charge < -0.3 is 0 Å². The molecule has 14 heavy (non-hydrogen) atoms. The third kappa shape index (κ3) is 1.29. The van der Waals surface area contributed by atoms with Crippen molar-refractivity contribution in [2.75, 3.05) is 0 Å². The molecule has 1 nitrogen and oxygen atoms in total. The van der Waals surface area contributed by atoms with Crippen LogP contribution in [-0.2, 0) is 0 Å². The van der Waals surface area contributed by atoms with Gasteiger partial charge in [-0.2, -0.15) is 0 Å². The molecule has 0 heterocycles. The molecular formula is C12H9FO. The molecule has 2 heteroatoms. The van der Waals surface area contributed by atoms with E-state index < -0.39 is 0 Å². The van der Waals surface area contributed by atoms with Crippen molar-refractivity contribution in [2.45, 2.75) is 6.92 Å². The van der Waals surface area contributed by atoms with Crippen molar-refractivity contribution in [3.05, 3.63) is 47.8 Å². The average molecular weight is 188 g/mol. The van der Waals surface area contributed by atoms with Crippen LogP contribution in [-0.4, -0.2) is 5.78 Å². The zero-order valence-corrected chi connectivity index (χ0v) is 7.75. The van der Waals surface area contributed by atoms with Gasteiger partial charge in [0.05, 0.1) is 0 Å². The topological polar surface area (TPSA) is 17.1 Å². The second kappa shape index (κ2) is 3.22. The molecule has 0 aliphatic carbocycles. The highest BCUT2D eigenvalue weighted by Crippen LogP contribution is 2.22. The Kier molecular flexibility index (Phi) is 2.04. The highest BCUT2D eigenvalue weighted by Gasteiger charge is 2.08. The molecule has 70 valence electrons. The van der Waals surface area contributed by atoms with Crippen LogP contribution in [0.3, 0.4) is 0 Å². The van der Waals surface area contributed by atoms with Crippen LogP contribution in [0.25, 0.3) is 10.8 Å². The summed E-state index contributed by atoms with van der Waals surface area (Å²) in [5, 5.41) is 1.18. The van der Waals surface area contributed by atoms with Crippen molar-refractivity contribution < 1.29 is 9.18 Å². The van der Waals surface area contributed by atoms with Gasteiger partial charge in [0.2, 0.25) is 0 Å². The summed E-state index contributed by atoms with van der Waals surface area (Å²) in [4.78, 5) is 11.2. The largest absolute Gasteiger partial charge is 0.294 e. The van der Waals surface area contributed by atoms with Crippen molar-refractivity contribution in [1.82, 2.24) is 0 Å². The first-order valence-corrected chi connectivity index (χ1v) is 4.38. The third-order valence-electron chi connectivity index (χ3n) is 2.23. The molecule has 0 saturated heterocycles. The lowest BCUT2D eigenvalue weighted by Crippen LogP contribution is -1.95. The number of rotatable bonds is 1. The van der Waals surface area contributed by atoms with Crippen LogP contribution in [0.1, 0.15) is 17.3 Å². The molecule has 0 saturated carbocycles. The van der Waals surface area contributed by atoms with Crippen LogP contribution in [0, 0.1) is 5.82 Å². The van der Waals surface area contributed by atoms with Crippen LogP contribution in [0.15, 0.2) is 36.4 Å². The maximum atomic E-state index is 13.5. The van der Waals surface area contributed by atoms with Crippen molar-refractivity contribution in [1.29, 1.82) is 0 Å². The minimum absolute atomic E-state index is 0.110. The first-order chi connectivity index (χ1) is 6.70. The standard InChI is InChI=1S/C12H9FO/c1-8(14)10-6-2-4-9-5-3-7-11(13)12(9)10/h2-7H,1H3. The molecule has 2 rings (SSSR count). The highest BCUT2D eigenvalue weighted by molar-refractivity contribution is 6.07. The summed E-state index contributed by atoms with van der Waals surface area (Å²) in [7, 11) is 0. The minimum Gasteiger partial charge on any atom is -0.294 e. The molecule has 0 unspecified atom stereocenters. The van der Waals surface area contributed by atoms with Crippen LogP contribution < -0.4 is 0 Å². The molecule has 0 fully saturated rings. The summed E-state index contributed by atoms with van der Waals surface area (Å²) in [6.45, 7) is 1.45. The number of hydrogen-bond acceptors (Lipinski definition) is 1. The third-order valence-corrected chi connectivity index (χ3v) is 2.23. The zero-order chi connectivity index (χ0) is 10.1. The second-order valence-corrected chi connectivity index (χ2v) is 3.20. The van der Waals surface area contributed by atoms with Gasteiger partial charge in [-0.15, -0.1) is 0 Å². The number of carbonyl (C=O) groups is 1. The Bertz CT molecular complexity index is 497. The van der Waals surface area contributed by atoms with Crippen LogP contribution in [0.2, 0.25) is 0 Å². The predicted octanol–water partition coefficient (Wildman–Crippen LogP) is 3.18. The van der Waals surface area contributed by atoms with E-state index >= 15 is 0 Å². The van der Waals surface area contributed by atoms with Gasteiger partial charge in [-0.05, 0) is 18.4 Å². The first-order valence-electron chi connectivity index (χ1n) is 4.38. The summed E-state index contributed by atoms with van der Waals surface area (Å²) >= 11 is 0. The molecule has 0 amide bonds.